The van der Waals surface area contributed by atoms with Gasteiger partial charge in [-0.05, 0) is 64.2 Å². The summed E-state index contributed by atoms with van der Waals surface area (Å²) in [7, 11) is -0.0213. The molecule has 0 spiro atoms. The largest absolute Gasteiger partial charge is 0.726 e. The minimum absolute atomic E-state index is 0.0766. The molecular formula is C39H75NO6S. The highest BCUT2D eigenvalue weighted by Gasteiger charge is 2.33. The number of hydrogen-bond donors (Lipinski definition) is 0. The van der Waals surface area contributed by atoms with Crippen LogP contribution in [0.5, 0.6) is 0 Å². The summed E-state index contributed by atoms with van der Waals surface area (Å²) >= 11 is 0. The fourth-order valence-corrected chi connectivity index (χ4v) is 5.39. The molecule has 0 unspecified atom stereocenters. The summed E-state index contributed by atoms with van der Waals surface area (Å²) in [5.74, 6) is 0.167. The van der Waals surface area contributed by atoms with Gasteiger partial charge in [0.2, 0.25) is 10.4 Å². The van der Waals surface area contributed by atoms with E-state index in [9.17, 15) is 22.6 Å². The Morgan fingerprint density at radius 3 is 1.00 bits per heavy atom. The van der Waals surface area contributed by atoms with Gasteiger partial charge >= 0.3 is 11.8 Å². The predicted molar refractivity (Wildman–Crippen MR) is 198 cm³/mol. The van der Waals surface area contributed by atoms with Gasteiger partial charge in [-0.2, -0.15) is 0 Å². The molecule has 0 heterocycles. The molecule has 0 aromatic carbocycles. The highest BCUT2D eigenvalue weighted by Crippen LogP contribution is 2.15. The van der Waals surface area contributed by atoms with Crippen molar-refractivity contribution in [2.45, 2.75) is 194 Å². The number of rotatable bonds is 31. The Bertz CT molecular complexity index is 828. The summed E-state index contributed by atoms with van der Waals surface area (Å²) in [5, 5.41) is 0. The second-order valence-corrected chi connectivity index (χ2v) is 14.6. The van der Waals surface area contributed by atoms with E-state index < -0.39 is 10.4 Å². The van der Waals surface area contributed by atoms with Crippen LogP contribution < -0.4 is 0 Å². The smallest absolute Gasteiger partial charge is 0.320 e. The number of allylic oxidation sites excluding steroid dienone is 4. The quantitative estimate of drug-likeness (QED) is 0.0237. The van der Waals surface area contributed by atoms with E-state index in [4.69, 9.17) is 0 Å². The molecule has 0 aromatic heterocycles. The van der Waals surface area contributed by atoms with Crippen LogP contribution in [0.1, 0.15) is 194 Å². The van der Waals surface area contributed by atoms with Crippen molar-refractivity contribution in [1.29, 1.82) is 0 Å². The Hall–Kier alpha value is -1.35. The average Bonchev–Trinajstić information content (AvgIpc) is 3.04. The number of carbonyl (C=O) groups excluding carboxylic acids is 2. The minimum Gasteiger partial charge on any atom is -0.726 e. The van der Waals surface area contributed by atoms with Crippen molar-refractivity contribution in [3.8, 4) is 0 Å². The Morgan fingerprint density at radius 2 is 0.745 bits per heavy atom. The van der Waals surface area contributed by atoms with E-state index in [-0.39, 0.29) is 16.3 Å². The maximum atomic E-state index is 12.7. The lowest BCUT2D eigenvalue weighted by Gasteiger charge is -2.24. The molecule has 7 nitrogen and oxygen atoms in total. The van der Waals surface area contributed by atoms with Gasteiger partial charge in [0.25, 0.3) is 0 Å². The lowest BCUT2D eigenvalue weighted by molar-refractivity contribution is -0.736. The summed E-state index contributed by atoms with van der Waals surface area (Å²) in [6.45, 7) is 4.54. The topological polar surface area (TPSA) is 101 Å². The Balaban J connectivity index is 0. The van der Waals surface area contributed by atoms with E-state index in [0.717, 1.165) is 32.8 Å². The number of quaternary nitrogens is 1. The van der Waals surface area contributed by atoms with E-state index in [1.807, 2.05) is 0 Å². The summed E-state index contributed by atoms with van der Waals surface area (Å²) < 4.78 is 30.9. The van der Waals surface area contributed by atoms with Crippen molar-refractivity contribution < 1.29 is 31.2 Å². The maximum Gasteiger partial charge on any atom is 0.320 e. The minimum atomic E-state index is -4.41. The Kier molecular flexibility index (Phi) is 35.1. The SMILES string of the molecule is CCCCCCCCC=CCCCCCCCC(=O)[N+](C)(C)C(=O)CCCCCCCC=CCCCCCCCC.COS(=O)(=O)[O-]. The number of carbonyl (C=O) groups is 2. The highest BCUT2D eigenvalue weighted by molar-refractivity contribution is 7.80. The molecule has 2 amide bonds. The zero-order valence-corrected chi connectivity index (χ0v) is 32.2. The zero-order valence-electron chi connectivity index (χ0n) is 31.4. The Labute approximate surface area is 291 Å². The monoisotopic (exact) mass is 686 g/mol. The van der Waals surface area contributed by atoms with Gasteiger partial charge in [-0.3, -0.25) is 4.18 Å². The molecule has 0 rings (SSSR count). The van der Waals surface area contributed by atoms with Crippen LogP contribution in [0.4, 0.5) is 0 Å². The van der Waals surface area contributed by atoms with Crippen LogP contribution in [0.15, 0.2) is 24.3 Å². The number of imide groups is 1. The van der Waals surface area contributed by atoms with Crippen LogP contribution in [0.25, 0.3) is 0 Å². The molecule has 47 heavy (non-hydrogen) atoms. The maximum absolute atomic E-state index is 12.7. The van der Waals surface area contributed by atoms with Gasteiger partial charge < -0.3 is 4.55 Å². The normalized spacial score (nSPS) is 12.1. The van der Waals surface area contributed by atoms with Crippen LogP contribution in [-0.2, 0) is 24.2 Å². The van der Waals surface area contributed by atoms with Crippen LogP contribution in [0.3, 0.4) is 0 Å². The first-order valence-electron chi connectivity index (χ1n) is 19.2. The van der Waals surface area contributed by atoms with E-state index in [2.05, 4.69) is 42.3 Å². The predicted octanol–water partition coefficient (Wildman–Crippen LogP) is 11.3. The molecule has 0 aromatic rings. The van der Waals surface area contributed by atoms with Gasteiger partial charge in [0.05, 0.1) is 34.0 Å². The molecule has 0 aliphatic carbocycles. The highest BCUT2D eigenvalue weighted by atomic mass is 32.3. The van der Waals surface area contributed by atoms with Crippen LogP contribution in [0.2, 0.25) is 0 Å². The molecule has 0 aliphatic rings. The number of unbranched alkanes of at least 4 members (excludes halogenated alkanes) is 22. The first-order chi connectivity index (χ1) is 22.5. The van der Waals surface area contributed by atoms with Crippen LogP contribution in [0, 0.1) is 0 Å². The first kappa shape index (κ1) is 47.8. The lowest BCUT2D eigenvalue weighted by Crippen LogP contribution is -2.50. The first-order valence-corrected chi connectivity index (χ1v) is 20.6. The number of amides is 2. The van der Waals surface area contributed by atoms with Gasteiger partial charge in [-0.1, -0.05) is 141 Å². The second kappa shape index (κ2) is 34.5. The van der Waals surface area contributed by atoms with Gasteiger partial charge in [-0.15, -0.1) is 0 Å². The van der Waals surface area contributed by atoms with Crippen LogP contribution >= 0.6 is 0 Å². The fraction of sp³-hybridized carbons (Fsp3) is 0.846. The molecule has 0 fully saturated rings. The molecule has 0 aliphatic heterocycles. The Morgan fingerprint density at radius 1 is 0.511 bits per heavy atom. The summed E-state index contributed by atoms with van der Waals surface area (Å²) in [6, 6.07) is 0. The molecule has 278 valence electrons. The van der Waals surface area contributed by atoms with E-state index in [1.54, 1.807) is 14.1 Å². The standard InChI is InChI=1S/C38H72NO2.CH4O4S/c1-5-7-9-11-13-15-17-19-21-23-25-27-29-31-33-35-37(40)39(3,4)38(41)36-34-32-30-28-26-24-22-20-18-16-14-12-10-8-6-2;1-5-6(2,3)4/h19-22H,5-18,23-36H2,1-4H3;1H3,(H,2,3,4)/q+1;/p-1. The molecular weight excluding hydrogens is 610 g/mol. The summed E-state index contributed by atoms with van der Waals surface area (Å²) in [6.07, 6.45) is 43.1. The van der Waals surface area contributed by atoms with Crippen molar-refractivity contribution in [1.82, 2.24) is 0 Å². The van der Waals surface area contributed by atoms with Gasteiger partial charge in [0, 0.05) is 0 Å². The lowest BCUT2D eigenvalue weighted by atomic mass is 10.1. The molecule has 0 radical (unpaired) electrons. The molecule has 0 bridgehead atoms. The second-order valence-electron chi connectivity index (χ2n) is 13.5. The third-order valence-electron chi connectivity index (χ3n) is 8.76. The van der Waals surface area contributed by atoms with E-state index >= 15 is 0 Å². The summed E-state index contributed by atoms with van der Waals surface area (Å²) in [5.41, 5.74) is 0. The van der Waals surface area contributed by atoms with Gasteiger partial charge in [0.15, 0.2) is 0 Å². The molecule has 0 atom stereocenters. The van der Waals surface area contributed by atoms with Crippen molar-refractivity contribution in [3.05, 3.63) is 24.3 Å². The average molecular weight is 686 g/mol. The third kappa shape index (κ3) is 35.8. The summed E-state index contributed by atoms with van der Waals surface area (Å²) in [4.78, 5) is 25.5. The van der Waals surface area contributed by atoms with Crippen molar-refractivity contribution in [2.24, 2.45) is 0 Å². The van der Waals surface area contributed by atoms with E-state index in [1.165, 1.54) is 141 Å². The molecule has 8 heteroatoms. The molecule has 0 saturated carbocycles. The third-order valence-corrected chi connectivity index (χ3v) is 9.16. The van der Waals surface area contributed by atoms with Crippen molar-refractivity contribution in [2.75, 3.05) is 21.2 Å². The number of nitrogens with zero attached hydrogens (tertiary/aromatic N) is 1. The zero-order chi connectivity index (χ0) is 35.5. The fourth-order valence-electron chi connectivity index (χ4n) is 5.39. The molecule has 0 saturated heterocycles. The van der Waals surface area contributed by atoms with Gasteiger partial charge in [0.1, 0.15) is 0 Å². The van der Waals surface area contributed by atoms with Crippen molar-refractivity contribution in [3.63, 3.8) is 0 Å². The van der Waals surface area contributed by atoms with Crippen LogP contribution in [-0.4, -0.2) is 50.5 Å². The molecule has 0 N–H and O–H groups in total. The number of hydrogen-bond acceptors (Lipinski definition) is 6. The van der Waals surface area contributed by atoms with Gasteiger partial charge in [-0.25, -0.2) is 22.5 Å². The van der Waals surface area contributed by atoms with Crippen molar-refractivity contribution >= 4 is 22.2 Å². The van der Waals surface area contributed by atoms with E-state index in [0.29, 0.717) is 12.8 Å².